The maximum Gasteiger partial charge on any atom is 0.225 e. The Balaban J connectivity index is 1.28. The molecule has 166 valence electrons. The lowest BCUT2D eigenvalue weighted by Crippen LogP contribution is -2.47. The molecule has 0 spiro atoms. The Kier molecular flexibility index (Phi) is 7.31. The zero-order chi connectivity index (χ0) is 20.8. The fourth-order valence-electron chi connectivity index (χ4n) is 5.21. The van der Waals surface area contributed by atoms with Gasteiger partial charge >= 0.3 is 0 Å². The van der Waals surface area contributed by atoms with Gasteiger partial charge in [-0.1, -0.05) is 19.3 Å². The molecule has 1 aliphatic carbocycles. The lowest BCUT2D eigenvalue weighted by Gasteiger charge is -2.28. The zero-order valence-electron chi connectivity index (χ0n) is 18.3. The lowest BCUT2D eigenvalue weighted by atomic mass is 9.88. The Labute approximate surface area is 180 Å². The van der Waals surface area contributed by atoms with Crippen molar-refractivity contribution in [3.8, 4) is 0 Å². The third-order valence-corrected chi connectivity index (χ3v) is 6.93. The Morgan fingerprint density at radius 1 is 1.17 bits per heavy atom. The fourth-order valence-corrected chi connectivity index (χ4v) is 5.21. The molecule has 3 aliphatic rings. The molecule has 1 aromatic rings. The summed E-state index contributed by atoms with van der Waals surface area (Å²) in [7, 11) is 1.81. The second kappa shape index (κ2) is 10.3. The highest BCUT2D eigenvalue weighted by Gasteiger charge is 2.32. The Hall–Kier alpha value is -2.02. The summed E-state index contributed by atoms with van der Waals surface area (Å²) in [6.07, 6.45) is 11.1. The summed E-state index contributed by atoms with van der Waals surface area (Å²) < 4.78 is 5.72. The van der Waals surface area contributed by atoms with E-state index < -0.39 is 0 Å². The van der Waals surface area contributed by atoms with Crippen molar-refractivity contribution in [2.45, 2.75) is 63.5 Å². The van der Waals surface area contributed by atoms with E-state index in [4.69, 9.17) is 4.42 Å². The van der Waals surface area contributed by atoms with Crippen molar-refractivity contribution in [2.24, 2.45) is 10.9 Å². The van der Waals surface area contributed by atoms with Crippen LogP contribution in [0.1, 0.15) is 63.2 Å². The molecule has 2 unspecified atom stereocenters. The molecule has 4 rings (SSSR count). The van der Waals surface area contributed by atoms with Crippen LogP contribution in [0.5, 0.6) is 0 Å². The Morgan fingerprint density at radius 2 is 1.97 bits per heavy atom. The molecule has 0 bridgehead atoms. The number of nitrogens with zero attached hydrogens (tertiary/aromatic N) is 3. The van der Waals surface area contributed by atoms with Crippen LogP contribution in [0, 0.1) is 5.92 Å². The fraction of sp³-hybridized carbons (Fsp3) is 0.739. The average Bonchev–Trinajstić information content (AvgIpc) is 3.56. The molecule has 0 aromatic carbocycles. The first-order chi connectivity index (χ1) is 14.7. The predicted octanol–water partition coefficient (Wildman–Crippen LogP) is 2.76. The van der Waals surface area contributed by atoms with Crippen molar-refractivity contribution in [1.82, 2.24) is 20.4 Å². The standard InChI is InChI=1S/C23H37N5O2/c1-24-23(25-16-20(21-10-7-15-30-21)27-12-5-6-13-27)26-19-11-14-28(17-19)22(29)18-8-3-2-4-9-18/h7,10,15,18-20H,2-6,8-9,11-14,16-17H2,1H3,(H2,24,25,26). The highest BCUT2D eigenvalue weighted by atomic mass is 16.3. The van der Waals surface area contributed by atoms with E-state index >= 15 is 0 Å². The number of guanidine groups is 1. The first-order valence-electron chi connectivity index (χ1n) is 11.8. The molecule has 3 fully saturated rings. The highest BCUT2D eigenvalue weighted by molar-refractivity contribution is 5.81. The van der Waals surface area contributed by atoms with Crippen LogP contribution in [0.3, 0.4) is 0 Å². The van der Waals surface area contributed by atoms with Gasteiger partial charge in [0, 0.05) is 38.6 Å². The molecule has 2 atom stereocenters. The second-order valence-corrected chi connectivity index (χ2v) is 8.98. The summed E-state index contributed by atoms with van der Waals surface area (Å²) in [6.45, 7) is 4.61. The SMILES string of the molecule is CN=C(NCC(c1ccco1)N1CCCC1)NC1CCN(C(=O)C2CCCCC2)C1. The quantitative estimate of drug-likeness (QED) is 0.552. The van der Waals surface area contributed by atoms with Crippen molar-refractivity contribution in [3.63, 3.8) is 0 Å². The molecule has 1 aromatic heterocycles. The van der Waals surface area contributed by atoms with Crippen LogP contribution in [0.25, 0.3) is 0 Å². The smallest absolute Gasteiger partial charge is 0.225 e. The largest absolute Gasteiger partial charge is 0.468 e. The zero-order valence-corrected chi connectivity index (χ0v) is 18.3. The van der Waals surface area contributed by atoms with Crippen LogP contribution in [-0.4, -0.2) is 67.5 Å². The van der Waals surface area contributed by atoms with Crippen molar-refractivity contribution in [1.29, 1.82) is 0 Å². The summed E-state index contributed by atoms with van der Waals surface area (Å²) in [5.41, 5.74) is 0. The number of nitrogens with one attached hydrogen (secondary N) is 2. The van der Waals surface area contributed by atoms with E-state index in [0.717, 1.165) is 63.7 Å². The summed E-state index contributed by atoms with van der Waals surface area (Å²) >= 11 is 0. The molecule has 2 N–H and O–H groups in total. The van der Waals surface area contributed by atoms with Crippen molar-refractivity contribution in [2.75, 3.05) is 39.8 Å². The van der Waals surface area contributed by atoms with Gasteiger partial charge in [-0.15, -0.1) is 0 Å². The van der Waals surface area contributed by atoms with Crippen LogP contribution in [0.15, 0.2) is 27.8 Å². The van der Waals surface area contributed by atoms with E-state index in [1.807, 2.05) is 13.1 Å². The molecule has 2 saturated heterocycles. The number of carbonyl (C=O) groups is 1. The number of aliphatic imine (C=N–C) groups is 1. The van der Waals surface area contributed by atoms with Crippen molar-refractivity contribution in [3.05, 3.63) is 24.2 Å². The van der Waals surface area contributed by atoms with Crippen LogP contribution < -0.4 is 10.6 Å². The van der Waals surface area contributed by atoms with E-state index in [0.29, 0.717) is 5.91 Å². The number of rotatable bonds is 6. The number of hydrogen-bond acceptors (Lipinski definition) is 4. The minimum Gasteiger partial charge on any atom is -0.468 e. The predicted molar refractivity (Wildman–Crippen MR) is 118 cm³/mol. The maximum absolute atomic E-state index is 12.8. The van der Waals surface area contributed by atoms with Crippen LogP contribution in [-0.2, 0) is 4.79 Å². The summed E-state index contributed by atoms with van der Waals surface area (Å²) in [6, 6.07) is 4.50. The van der Waals surface area contributed by atoms with Crippen molar-refractivity contribution < 1.29 is 9.21 Å². The maximum atomic E-state index is 12.8. The van der Waals surface area contributed by atoms with Gasteiger partial charge in [0.1, 0.15) is 5.76 Å². The molecule has 2 aliphatic heterocycles. The van der Waals surface area contributed by atoms with Gasteiger partial charge in [0.25, 0.3) is 0 Å². The lowest BCUT2D eigenvalue weighted by molar-refractivity contribution is -0.135. The summed E-state index contributed by atoms with van der Waals surface area (Å²) in [4.78, 5) is 21.8. The molecular formula is C23H37N5O2. The van der Waals surface area contributed by atoms with Gasteiger partial charge < -0.3 is 20.0 Å². The number of hydrogen-bond donors (Lipinski definition) is 2. The van der Waals surface area contributed by atoms with E-state index in [9.17, 15) is 4.79 Å². The van der Waals surface area contributed by atoms with Gasteiger partial charge in [-0.3, -0.25) is 14.7 Å². The van der Waals surface area contributed by atoms with E-state index in [2.05, 4.69) is 31.5 Å². The van der Waals surface area contributed by atoms with Crippen LogP contribution >= 0.6 is 0 Å². The Morgan fingerprint density at radius 3 is 2.67 bits per heavy atom. The summed E-state index contributed by atoms with van der Waals surface area (Å²) in [5.74, 6) is 2.44. The molecule has 7 nitrogen and oxygen atoms in total. The third kappa shape index (κ3) is 5.17. The molecule has 7 heteroatoms. The van der Waals surface area contributed by atoms with Crippen LogP contribution in [0.2, 0.25) is 0 Å². The minimum absolute atomic E-state index is 0.217. The molecular weight excluding hydrogens is 378 g/mol. The first kappa shape index (κ1) is 21.2. The second-order valence-electron chi connectivity index (χ2n) is 8.98. The van der Waals surface area contributed by atoms with Gasteiger partial charge in [0.05, 0.1) is 12.3 Å². The van der Waals surface area contributed by atoms with Crippen LogP contribution in [0.4, 0.5) is 0 Å². The molecule has 3 heterocycles. The average molecular weight is 416 g/mol. The molecule has 0 radical (unpaired) electrons. The van der Waals surface area contributed by atoms with E-state index in [-0.39, 0.29) is 18.0 Å². The van der Waals surface area contributed by atoms with Gasteiger partial charge in [0.2, 0.25) is 5.91 Å². The third-order valence-electron chi connectivity index (χ3n) is 6.93. The topological polar surface area (TPSA) is 73.1 Å². The highest BCUT2D eigenvalue weighted by Crippen LogP contribution is 2.27. The first-order valence-corrected chi connectivity index (χ1v) is 11.8. The Bertz CT molecular complexity index is 692. The van der Waals surface area contributed by atoms with Gasteiger partial charge in [-0.05, 0) is 57.3 Å². The monoisotopic (exact) mass is 415 g/mol. The number of likely N-dealkylation sites (tertiary alicyclic amines) is 2. The normalized spacial score (nSPS) is 24.9. The minimum atomic E-state index is 0.217. The number of carbonyl (C=O) groups excluding carboxylic acids is 1. The number of amides is 1. The van der Waals surface area contributed by atoms with Gasteiger partial charge in [-0.2, -0.15) is 0 Å². The molecule has 1 amide bonds. The van der Waals surface area contributed by atoms with E-state index in [1.165, 1.54) is 32.1 Å². The molecule has 1 saturated carbocycles. The van der Waals surface area contributed by atoms with Gasteiger partial charge in [0.15, 0.2) is 5.96 Å². The number of furan rings is 1. The van der Waals surface area contributed by atoms with E-state index in [1.54, 1.807) is 6.26 Å². The molecule has 30 heavy (non-hydrogen) atoms. The summed E-state index contributed by atoms with van der Waals surface area (Å²) in [5, 5.41) is 7.04. The van der Waals surface area contributed by atoms with Crippen molar-refractivity contribution >= 4 is 11.9 Å². The van der Waals surface area contributed by atoms with Gasteiger partial charge in [-0.25, -0.2) is 0 Å².